The first-order chi connectivity index (χ1) is 9.67. The second-order valence-electron chi connectivity index (χ2n) is 4.98. The smallest absolute Gasteiger partial charge is 0.223 e. The molecular formula is C16H25BrN2O. The van der Waals surface area contributed by atoms with E-state index in [9.17, 15) is 4.79 Å². The van der Waals surface area contributed by atoms with Crippen molar-refractivity contribution in [2.24, 2.45) is 5.92 Å². The second-order valence-corrected chi connectivity index (χ2v) is 5.90. The standard InChI is InChI=1S/C16H25BrN2O/c1-3-8-18-9-10-19-16(20)14(4-2)11-13-6-5-7-15(17)12-13/h5-7,12,14,18H,3-4,8-11H2,1-2H3,(H,19,20). The molecule has 1 aromatic rings. The van der Waals surface area contributed by atoms with Gasteiger partial charge >= 0.3 is 0 Å². The van der Waals surface area contributed by atoms with Crippen molar-refractivity contribution in [3.05, 3.63) is 34.3 Å². The zero-order valence-corrected chi connectivity index (χ0v) is 14.0. The Labute approximate surface area is 130 Å². The van der Waals surface area contributed by atoms with E-state index in [0.29, 0.717) is 6.54 Å². The minimum Gasteiger partial charge on any atom is -0.355 e. The summed E-state index contributed by atoms with van der Waals surface area (Å²) in [4.78, 5) is 12.1. The van der Waals surface area contributed by atoms with E-state index in [2.05, 4.69) is 52.5 Å². The summed E-state index contributed by atoms with van der Waals surface area (Å²) in [6.07, 6.45) is 2.78. The molecule has 0 radical (unpaired) electrons. The van der Waals surface area contributed by atoms with E-state index in [1.54, 1.807) is 0 Å². The molecule has 0 aliphatic rings. The van der Waals surface area contributed by atoms with Crippen LogP contribution in [-0.4, -0.2) is 25.5 Å². The van der Waals surface area contributed by atoms with Gasteiger partial charge < -0.3 is 10.6 Å². The Morgan fingerprint density at radius 3 is 2.70 bits per heavy atom. The summed E-state index contributed by atoms with van der Waals surface area (Å²) in [5, 5.41) is 6.30. The van der Waals surface area contributed by atoms with Crippen molar-refractivity contribution in [3.63, 3.8) is 0 Å². The van der Waals surface area contributed by atoms with E-state index in [1.165, 1.54) is 5.56 Å². The molecule has 0 heterocycles. The Morgan fingerprint density at radius 2 is 2.05 bits per heavy atom. The summed E-state index contributed by atoms with van der Waals surface area (Å²) in [5.74, 6) is 0.209. The van der Waals surface area contributed by atoms with E-state index in [0.717, 1.165) is 36.8 Å². The molecule has 0 bridgehead atoms. The van der Waals surface area contributed by atoms with Gasteiger partial charge in [0.15, 0.2) is 0 Å². The van der Waals surface area contributed by atoms with Crippen LogP contribution < -0.4 is 10.6 Å². The van der Waals surface area contributed by atoms with Gasteiger partial charge in [0, 0.05) is 23.5 Å². The van der Waals surface area contributed by atoms with Crippen molar-refractivity contribution >= 4 is 21.8 Å². The molecule has 20 heavy (non-hydrogen) atoms. The van der Waals surface area contributed by atoms with E-state index >= 15 is 0 Å². The predicted molar refractivity (Wildman–Crippen MR) is 87.8 cm³/mol. The maximum absolute atomic E-state index is 12.1. The molecule has 1 amide bonds. The quantitative estimate of drug-likeness (QED) is 0.678. The lowest BCUT2D eigenvalue weighted by Crippen LogP contribution is -2.36. The zero-order chi connectivity index (χ0) is 14.8. The molecular weight excluding hydrogens is 316 g/mol. The van der Waals surface area contributed by atoms with Gasteiger partial charge in [0.05, 0.1) is 0 Å². The van der Waals surface area contributed by atoms with Gasteiger partial charge in [0.2, 0.25) is 5.91 Å². The van der Waals surface area contributed by atoms with Gasteiger partial charge in [-0.2, -0.15) is 0 Å². The second kappa shape index (κ2) is 9.94. The van der Waals surface area contributed by atoms with E-state index < -0.39 is 0 Å². The third-order valence-electron chi connectivity index (χ3n) is 3.26. The lowest BCUT2D eigenvalue weighted by molar-refractivity contribution is -0.125. The highest BCUT2D eigenvalue weighted by Crippen LogP contribution is 2.17. The lowest BCUT2D eigenvalue weighted by atomic mass is 9.96. The van der Waals surface area contributed by atoms with E-state index in [4.69, 9.17) is 0 Å². The van der Waals surface area contributed by atoms with Crippen molar-refractivity contribution in [3.8, 4) is 0 Å². The molecule has 0 fully saturated rings. The minimum atomic E-state index is 0.0514. The van der Waals surface area contributed by atoms with Crippen LogP contribution >= 0.6 is 15.9 Å². The molecule has 0 spiro atoms. The molecule has 0 saturated carbocycles. The van der Waals surface area contributed by atoms with Crippen LogP contribution in [-0.2, 0) is 11.2 Å². The summed E-state index contributed by atoms with van der Waals surface area (Å²) in [5.41, 5.74) is 1.20. The summed E-state index contributed by atoms with van der Waals surface area (Å²) in [7, 11) is 0. The Bertz CT molecular complexity index is 409. The van der Waals surface area contributed by atoms with Crippen LogP contribution in [0.3, 0.4) is 0 Å². The molecule has 1 rings (SSSR count). The average Bonchev–Trinajstić information content (AvgIpc) is 2.44. The largest absolute Gasteiger partial charge is 0.355 e. The molecule has 112 valence electrons. The van der Waals surface area contributed by atoms with Crippen molar-refractivity contribution in [1.29, 1.82) is 0 Å². The van der Waals surface area contributed by atoms with Gasteiger partial charge in [0.1, 0.15) is 0 Å². The molecule has 0 aliphatic heterocycles. The van der Waals surface area contributed by atoms with Gasteiger partial charge in [-0.3, -0.25) is 4.79 Å². The number of rotatable bonds is 9. The fraction of sp³-hybridized carbons (Fsp3) is 0.562. The number of halogens is 1. The molecule has 4 heteroatoms. The number of amides is 1. The van der Waals surface area contributed by atoms with Crippen LogP contribution in [0.5, 0.6) is 0 Å². The number of carbonyl (C=O) groups is 1. The van der Waals surface area contributed by atoms with E-state index in [1.807, 2.05) is 12.1 Å². The Hall–Kier alpha value is -0.870. The average molecular weight is 341 g/mol. The summed E-state index contributed by atoms with van der Waals surface area (Å²) < 4.78 is 1.06. The normalized spacial score (nSPS) is 12.2. The molecule has 1 atom stereocenters. The van der Waals surface area contributed by atoms with Gasteiger partial charge in [0.25, 0.3) is 0 Å². The topological polar surface area (TPSA) is 41.1 Å². The van der Waals surface area contributed by atoms with Crippen LogP contribution in [0.2, 0.25) is 0 Å². The Kier molecular flexibility index (Phi) is 8.54. The van der Waals surface area contributed by atoms with Crippen LogP contribution in [0, 0.1) is 5.92 Å². The van der Waals surface area contributed by atoms with Gasteiger partial charge in [-0.25, -0.2) is 0 Å². The monoisotopic (exact) mass is 340 g/mol. The van der Waals surface area contributed by atoms with Crippen molar-refractivity contribution < 1.29 is 4.79 Å². The fourth-order valence-electron chi connectivity index (χ4n) is 2.09. The summed E-state index contributed by atoms with van der Waals surface area (Å²) in [6.45, 7) is 6.75. The number of nitrogens with one attached hydrogen (secondary N) is 2. The molecule has 1 aromatic carbocycles. The van der Waals surface area contributed by atoms with Crippen LogP contribution in [0.1, 0.15) is 32.3 Å². The first-order valence-electron chi connectivity index (χ1n) is 7.40. The Morgan fingerprint density at radius 1 is 1.25 bits per heavy atom. The third kappa shape index (κ3) is 6.53. The van der Waals surface area contributed by atoms with Crippen LogP contribution in [0.15, 0.2) is 28.7 Å². The van der Waals surface area contributed by atoms with Crippen molar-refractivity contribution in [2.45, 2.75) is 33.1 Å². The SMILES string of the molecule is CCCNCCNC(=O)C(CC)Cc1cccc(Br)c1. The van der Waals surface area contributed by atoms with Crippen molar-refractivity contribution in [2.75, 3.05) is 19.6 Å². The number of hydrogen-bond acceptors (Lipinski definition) is 2. The van der Waals surface area contributed by atoms with Gasteiger partial charge in [-0.1, -0.05) is 41.9 Å². The highest BCUT2D eigenvalue weighted by molar-refractivity contribution is 9.10. The van der Waals surface area contributed by atoms with Crippen LogP contribution in [0.25, 0.3) is 0 Å². The summed E-state index contributed by atoms with van der Waals surface area (Å²) >= 11 is 3.47. The number of hydrogen-bond donors (Lipinski definition) is 2. The van der Waals surface area contributed by atoms with Crippen molar-refractivity contribution in [1.82, 2.24) is 10.6 Å². The molecule has 1 unspecified atom stereocenters. The third-order valence-corrected chi connectivity index (χ3v) is 3.76. The maximum Gasteiger partial charge on any atom is 0.223 e. The number of carbonyl (C=O) groups excluding carboxylic acids is 1. The van der Waals surface area contributed by atoms with E-state index in [-0.39, 0.29) is 11.8 Å². The molecule has 0 aromatic heterocycles. The zero-order valence-electron chi connectivity index (χ0n) is 12.4. The summed E-state index contributed by atoms with van der Waals surface area (Å²) in [6, 6.07) is 8.17. The first kappa shape index (κ1) is 17.2. The minimum absolute atomic E-state index is 0.0514. The molecule has 2 N–H and O–H groups in total. The molecule has 0 aliphatic carbocycles. The van der Waals surface area contributed by atoms with Crippen LogP contribution in [0.4, 0.5) is 0 Å². The first-order valence-corrected chi connectivity index (χ1v) is 8.19. The van der Waals surface area contributed by atoms with Gasteiger partial charge in [-0.05, 0) is 43.5 Å². The number of benzene rings is 1. The fourth-order valence-corrected chi connectivity index (χ4v) is 2.54. The Balaban J connectivity index is 2.39. The maximum atomic E-state index is 12.1. The highest BCUT2D eigenvalue weighted by Gasteiger charge is 2.16. The predicted octanol–water partition coefficient (Wildman–Crippen LogP) is 3.13. The highest BCUT2D eigenvalue weighted by atomic mass is 79.9. The molecule has 3 nitrogen and oxygen atoms in total. The lowest BCUT2D eigenvalue weighted by Gasteiger charge is -2.15. The van der Waals surface area contributed by atoms with Gasteiger partial charge in [-0.15, -0.1) is 0 Å². The molecule has 0 saturated heterocycles.